The predicted molar refractivity (Wildman–Crippen MR) is 66.6 cm³/mol. The number of nitrogens with zero attached hydrogens (tertiary/aromatic N) is 1. The highest BCUT2D eigenvalue weighted by molar-refractivity contribution is 6.18. The first kappa shape index (κ1) is 11.9. The molecule has 1 aromatic rings. The maximum atomic E-state index is 9.76. The van der Waals surface area contributed by atoms with Gasteiger partial charge in [-0.2, -0.15) is 0 Å². The summed E-state index contributed by atoms with van der Waals surface area (Å²) < 4.78 is 0. The molecule has 0 saturated carbocycles. The Balaban J connectivity index is 1.94. The molecule has 1 aliphatic rings. The third-order valence-electron chi connectivity index (χ3n) is 3.06. The minimum Gasteiger partial charge on any atom is -0.392 e. The molecule has 0 aromatic heterocycles. The Hall–Kier alpha value is -0.570. The summed E-state index contributed by atoms with van der Waals surface area (Å²) in [7, 11) is 0. The van der Waals surface area contributed by atoms with Crippen molar-refractivity contribution in [3.05, 3.63) is 35.9 Å². The zero-order valence-electron chi connectivity index (χ0n) is 9.35. The number of rotatable bonds is 3. The van der Waals surface area contributed by atoms with Crippen LogP contribution in [0.15, 0.2) is 30.3 Å². The van der Waals surface area contributed by atoms with Gasteiger partial charge in [-0.15, -0.1) is 11.6 Å². The van der Waals surface area contributed by atoms with Crippen molar-refractivity contribution in [3.63, 3.8) is 0 Å². The van der Waals surface area contributed by atoms with Crippen molar-refractivity contribution in [2.24, 2.45) is 5.92 Å². The summed E-state index contributed by atoms with van der Waals surface area (Å²) in [4.78, 5) is 2.29. The van der Waals surface area contributed by atoms with Crippen molar-refractivity contribution in [2.75, 3.05) is 19.0 Å². The number of benzene rings is 1. The van der Waals surface area contributed by atoms with E-state index in [4.69, 9.17) is 11.6 Å². The molecule has 1 heterocycles. The fourth-order valence-corrected chi connectivity index (χ4v) is 2.58. The number of halogens is 1. The summed E-state index contributed by atoms with van der Waals surface area (Å²) in [5, 5.41) is 9.76. The lowest BCUT2D eigenvalue weighted by molar-refractivity contribution is 0.0417. The van der Waals surface area contributed by atoms with Gasteiger partial charge in [0.25, 0.3) is 0 Å². The van der Waals surface area contributed by atoms with Crippen LogP contribution in [0.25, 0.3) is 0 Å². The minimum absolute atomic E-state index is 0.221. The van der Waals surface area contributed by atoms with Gasteiger partial charge in [0.05, 0.1) is 6.10 Å². The first-order valence-electron chi connectivity index (χ1n) is 5.78. The van der Waals surface area contributed by atoms with Gasteiger partial charge in [-0.1, -0.05) is 30.3 Å². The second-order valence-corrected chi connectivity index (χ2v) is 4.90. The molecule has 1 fully saturated rings. The van der Waals surface area contributed by atoms with E-state index in [0.717, 1.165) is 26.1 Å². The number of β-amino-alcohol motifs (C(OH)–C–C–N with tert-alkyl or cyclic N) is 1. The second kappa shape index (κ2) is 5.67. The average Bonchev–Trinajstić information content (AvgIpc) is 2.29. The van der Waals surface area contributed by atoms with Gasteiger partial charge in [0.1, 0.15) is 0 Å². The molecule has 1 saturated heterocycles. The normalized spacial score (nSPS) is 26.9. The zero-order chi connectivity index (χ0) is 11.4. The van der Waals surface area contributed by atoms with Crippen LogP contribution in [-0.2, 0) is 6.54 Å². The first-order valence-corrected chi connectivity index (χ1v) is 6.31. The van der Waals surface area contributed by atoms with Crippen molar-refractivity contribution >= 4 is 11.6 Å². The van der Waals surface area contributed by atoms with E-state index in [1.807, 2.05) is 6.07 Å². The van der Waals surface area contributed by atoms with Crippen molar-refractivity contribution in [2.45, 2.75) is 19.1 Å². The number of piperidine rings is 1. The molecule has 0 unspecified atom stereocenters. The van der Waals surface area contributed by atoms with Gasteiger partial charge in [-0.3, -0.25) is 4.90 Å². The predicted octanol–water partition coefficient (Wildman–Crippen LogP) is 2.11. The highest BCUT2D eigenvalue weighted by Gasteiger charge is 2.25. The minimum atomic E-state index is -0.221. The fraction of sp³-hybridized carbons (Fsp3) is 0.538. The summed E-state index contributed by atoms with van der Waals surface area (Å²) >= 11 is 5.88. The monoisotopic (exact) mass is 239 g/mol. The maximum Gasteiger partial charge on any atom is 0.0670 e. The Labute approximate surface area is 102 Å². The number of hydrogen-bond acceptors (Lipinski definition) is 2. The van der Waals surface area contributed by atoms with Crippen LogP contribution in [0.4, 0.5) is 0 Å². The number of aliphatic hydroxyl groups excluding tert-OH is 1. The largest absolute Gasteiger partial charge is 0.392 e. The number of aliphatic hydroxyl groups is 1. The summed E-state index contributed by atoms with van der Waals surface area (Å²) in [6.07, 6.45) is 0.621. The molecular weight excluding hydrogens is 222 g/mol. The Kier molecular flexibility index (Phi) is 4.22. The van der Waals surface area contributed by atoms with Crippen LogP contribution in [0.2, 0.25) is 0 Å². The van der Waals surface area contributed by atoms with E-state index in [1.165, 1.54) is 5.56 Å². The van der Waals surface area contributed by atoms with E-state index in [-0.39, 0.29) is 6.10 Å². The summed E-state index contributed by atoms with van der Waals surface area (Å²) in [5.74, 6) is 1.07. The van der Waals surface area contributed by atoms with E-state index >= 15 is 0 Å². The third kappa shape index (κ3) is 3.21. The van der Waals surface area contributed by atoms with Crippen LogP contribution in [0.1, 0.15) is 12.0 Å². The van der Waals surface area contributed by atoms with Gasteiger partial charge in [0.15, 0.2) is 0 Å². The molecule has 1 aromatic carbocycles. The third-order valence-corrected chi connectivity index (χ3v) is 3.49. The molecule has 0 bridgehead atoms. The van der Waals surface area contributed by atoms with Gasteiger partial charge in [-0.05, 0) is 17.9 Å². The van der Waals surface area contributed by atoms with Gasteiger partial charge >= 0.3 is 0 Å². The molecule has 2 atom stereocenters. The van der Waals surface area contributed by atoms with Crippen LogP contribution >= 0.6 is 11.6 Å². The van der Waals surface area contributed by atoms with Crippen LogP contribution < -0.4 is 0 Å². The Morgan fingerprint density at radius 3 is 2.69 bits per heavy atom. The highest BCUT2D eigenvalue weighted by atomic mass is 35.5. The van der Waals surface area contributed by atoms with Crippen LogP contribution in [0, 0.1) is 5.92 Å². The number of alkyl halides is 1. The van der Waals surface area contributed by atoms with E-state index in [1.54, 1.807) is 0 Å². The molecule has 0 aliphatic carbocycles. The lowest BCUT2D eigenvalue weighted by Crippen LogP contribution is -2.43. The number of hydrogen-bond donors (Lipinski definition) is 1. The lowest BCUT2D eigenvalue weighted by atomic mass is 9.97. The molecule has 0 spiro atoms. The van der Waals surface area contributed by atoms with Crippen LogP contribution in [-0.4, -0.2) is 35.1 Å². The molecule has 2 nitrogen and oxygen atoms in total. The highest BCUT2D eigenvalue weighted by Crippen LogP contribution is 2.19. The standard InChI is InChI=1S/C13H18ClNO/c14-7-12-6-13(16)10-15(9-12)8-11-4-2-1-3-5-11/h1-5,12-13,16H,6-10H2/t12-,13-/m0/s1. The van der Waals surface area contributed by atoms with Gasteiger partial charge in [0.2, 0.25) is 0 Å². The smallest absolute Gasteiger partial charge is 0.0670 e. The molecule has 0 radical (unpaired) electrons. The van der Waals surface area contributed by atoms with Crippen molar-refractivity contribution in [1.82, 2.24) is 4.90 Å². The second-order valence-electron chi connectivity index (χ2n) is 4.59. The summed E-state index contributed by atoms with van der Waals surface area (Å²) in [5.41, 5.74) is 1.30. The SMILES string of the molecule is O[C@H]1C[C@@H](CCl)CN(Cc2ccccc2)C1. The molecule has 2 rings (SSSR count). The maximum absolute atomic E-state index is 9.76. The van der Waals surface area contributed by atoms with Gasteiger partial charge < -0.3 is 5.11 Å². The summed E-state index contributed by atoms with van der Waals surface area (Å²) in [6.45, 7) is 2.67. The van der Waals surface area contributed by atoms with E-state index in [9.17, 15) is 5.11 Å². The van der Waals surface area contributed by atoms with Gasteiger partial charge in [0, 0.05) is 25.5 Å². The Bertz CT molecular complexity index is 317. The Morgan fingerprint density at radius 2 is 2.00 bits per heavy atom. The quantitative estimate of drug-likeness (QED) is 0.817. The molecule has 3 heteroatoms. The lowest BCUT2D eigenvalue weighted by Gasteiger charge is -2.34. The van der Waals surface area contributed by atoms with Crippen LogP contribution in [0.5, 0.6) is 0 Å². The fourth-order valence-electron chi connectivity index (χ4n) is 2.35. The number of likely N-dealkylation sites (tertiary alicyclic amines) is 1. The van der Waals surface area contributed by atoms with E-state index < -0.39 is 0 Å². The topological polar surface area (TPSA) is 23.5 Å². The molecular formula is C13H18ClNO. The Morgan fingerprint density at radius 1 is 1.25 bits per heavy atom. The zero-order valence-corrected chi connectivity index (χ0v) is 10.1. The van der Waals surface area contributed by atoms with Crippen molar-refractivity contribution in [1.29, 1.82) is 0 Å². The average molecular weight is 240 g/mol. The van der Waals surface area contributed by atoms with Crippen LogP contribution in [0.3, 0.4) is 0 Å². The molecule has 1 aliphatic heterocycles. The molecule has 88 valence electrons. The summed E-state index contributed by atoms with van der Waals surface area (Å²) in [6, 6.07) is 10.4. The van der Waals surface area contributed by atoms with Crippen molar-refractivity contribution < 1.29 is 5.11 Å². The first-order chi connectivity index (χ1) is 7.78. The molecule has 16 heavy (non-hydrogen) atoms. The van der Waals surface area contributed by atoms with E-state index in [0.29, 0.717) is 11.8 Å². The molecule has 1 N–H and O–H groups in total. The molecule has 0 amide bonds. The van der Waals surface area contributed by atoms with E-state index in [2.05, 4.69) is 29.2 Å². The van der Waals surface area contributed by atoms with Crippen molar-refractivity contribution in [3.8, 4) is 0 Å². The van der Waals surface area contributed by atoms with Gasteiger partial charge in [-0.25, -0.2) is 0 Å².